The summed E-state index contributed by atoms with van der Waals surface area (Å²) in [6.45, 7) is 6.88. The molecule has 1 unspecified atom stereocenters. The third-order valence-electron chi connectivity index (χ3n) is 6.25. The summed E-state index contributed by atoms with van der Waals surface area (Å²) in [6, 6.07) is 6.70. The lowest BCUT2D eigenvalue weighted by molar-refractivity contribution is 0.0331. The van der Waals surface area contributed by atoms with Crippen LogP contribution in [-0.4, -0.2) is 77.4 Å². The summed E-state index contributed by atoms with van der Waals surface area (Å²) >= 11 is 0. The number of carbonyl (C=O) groups is 1. The lowest BCUT2D eigenvalue weighted by Gasteiger charge is -2.28. The molecule has 0 aliphatic carbocycles. The number of nitrogens with zero attached hydrogens (tertiary/aromatic N) is 6. The van der Waals surface area contributed by atoms with E-state index in [2.05, 4.69) is 25.4 Å². The molecule has 1 atom stereocenters. The molecule has 3 aromatic rings. The minimum absolute atomic E-state index is 0.169. The standard InChI is InChI=1S/C24H27N7O4/c1-16-20(35-15-18(29-33)14-30-9-11-34-12-10-30)5-4-19-21(16)27-24(31-8-7-26-22(19)31)28-23(32)17-3-2-6-25-13-17/h2-6,13,18,26H,7-12,14-15H2,1H3. The van der Waals surface area contributed by atoms with E-state index in [0.717, 1.165) is 36.4 Å². The van der Waals surface area contributed by atoms with Crippen molar-refractivity contribution in [2.75, 3.05) is 51.3 Å². The Balaban J connectivity index is 1.44. The number of amides is 1. The first-order chi connectivity index (χ1) is 17.1. The van der Waals surface area contributed by atoms with Crippen molar-refractivity contribution in [3.05, 3.63) is 58.3 Å². The number of hydrogen-bond acceptors (Lipinski definition) is 9. The number of pyridine rings is 1. The van der Waals surface area contributed by atoms with Crippen LogP contribution in [0.1, 0.15) is 15.9 Å². The maximum Gasteiger partial charge on any atom is 0.281 e. The lowest BCUT2D eigenvalue weighted by atomic mass is 10.1. The summed E-state index contributed by atoms with van der Waals surface area (Å²) < 4.78 is 13.3. The highest BCUT2D eigenvalue weighted by Gasteiger charge is 2.21. The van der Waals surface area contributed by atoms with Gasteiger partial charge >= 0.3 is 0 Å². The van der Waals surface area contributed by atoms with Gasteiger partial charge in [0.25, 0.3) is 5.91 Å². The smallest absolute Gasteiger partial charge is 0.281 e. The fraction of sp³-hybridized carbons (Fsp3) is 0.417. The van der Waals surface area contributed by atoms with E-state index < -0.39 is 11.9 Å². The van der Waals surface area contributed by atoms with Gasteiger partial charge in [-0.05, 0) is 31.2 Å². The second-order valence-corrected chi connectivity index (χ2v) is 8.57. The number of carbonyl (C=O) groups excluding carboxylic acids is 1. The van der Waals surface area contributed by atoms with Gasteiger partial charge in [-0.3, -0.25) is 19.2 Å². The SMILES string of the molecule is Cc1c(OCC(CN2CCOCC2)N=O)ccc2c3n(c(=NC(=O)c4cccnc4)nc12)CCN3. The Morgan fingerprint density at radius 3 is 2.89 bits per heavy atom. The molecule has 11 nitrogen and oxygen atoms in total. The molecule has 1 saturated heterocycles. The summed E-state index contributed by atoms with van der Waals surface area (Å²) in [5.41, 5.74) is 2.22. The van der Waals surface area contributed by atoms with Crippen molar-refractivity contribution in [2.24, 2.45) is 10.2 Å². The van der Waals surface area contributed by atoms with Gasteiger partial charge < -0.3 is 14.8 Å². The quantitative estimate of drug-likeness (QED) is 0.511. The zero-order valence-corrected chi connectivity index (χ0v) is 19.5. The van der Waals surface area contributed by atoms with Gasteiger partial charge in [0.1, 0.15) is 24.2 Å². The molecule has 0 radical (unpaired) electrons. The number of benzene rings is 1. The molecule has 5 rings (SSSR count). The number of rotatable bonds is 7. The number of morpholine rings is 1. The Hall–Kier alpha value is -3.70. The molecule has 0 saturated carbocycles. The van der Waals surface area contributed by atoms with E-state index in [9.17, 15) is 9.70 Å². The Bertz CT molecular complexity index is 1300. The maximum atomic E-state index is 12.7. The average molecular weight is 478 g/mol. The predicted octanol–water partition coefficient (Wildman–Crippen LogP) is 1.75. The summed E-state index contributed by atoms with van der Waals surface area (Å²) in [7, 11) is 0. The molecule has 11 heteroatoms. The van der Waals surface area contributed by atoms with Crippen LogP contribution in [0.3, 0.4) is 0 Å². The van der Waals surface area contributed by atoms with Crippen molar-refractivity contribution in [1.29, 1.82) is 0 Å². The predicted molar refractivity (Wildman–Crippen MR) is 129 cm³/mol. The first-order valence-corrected chi connectivity index (χ1v) is 11.7. The number of hydrogen-bond donors (Lipinski definition) is 1. The molecule has 2 aliphatic rings. The van der Waals surface area contributed by atoms with Gasteiger partial charge in [0.15, 0.2) is 0 Å². The number of ether oxygens (including phenoxy) is 2. The molecular formula is C24H27N7O4. The van der Waals surface area contributed by atoms with Crippen molar-refractivity contribution < 1.29 is 14.3 Å². The maximum absolute atomic E-state index is 12.7. The van der Waals surface area contributed by atoms with E-state index >= 15 is 0 Å². The Morgan fingerprint density at radius 2 is 2.11 bits per heavy atom. The van der Waals surface area contributed by atoms with E-state index in [-0.39, 0.29) is 6.61 Å². The summed E-state index contributed by atoms with van der Waals surface area (Å²) in [5.74, 6) is 1.08. The summed E-state index contributed by atoms with van der Waals surface area (Å²) in [5, 5.41) is 7.56. The Kier molecular flexibility index (Phi) is 6.77. The molecule has 1 aromatic carbocycles. The van der Waals surface area contributed by atoms with Gasteiger partial charge in [-0.1, -0.05) is 5.18 Å². The van der Waals surface area contributed by atoms with Crippen molar-refractivity contribution in [3.8, 4) is 5.75 Å². The van der Waals surface area contributed by atoms with E-state index in [1.807, 2.05) is 23.6 Å². The molecule has 1 amide bonds. The lowest BCUT2D eigenvalue weighted by Crippen LogP contribution is -2.41. The summed E-state index contributed by atoms with van der Waals surface area (Å²) in [4.78, 5) is 39.3. The van der Waals surface area contributed by atoms with Crippen molar-refractivity contribution in [2.45, 2.75) is 19.5 Å². The van der Waals surface area contributed by atoms with Crippen molar-refractivity contribution >= 4 is 22.6 Å². The monoisotopic (exact) mass is 477 g/mol. The molecular weight excluding hydrogens is 450 g/mol. The minimum atomic E-state index is -0.490. The largest absolute Gasteiger partial charge is 0.491 e. The van der Waals surface area contributed by atoms with Gasteiger partial charge in [-0.25, -0.2) is 4.98 Å². The highest BCUT2D eigenvalue weighted by molar-refractivity contribution is 5.95. The van der Waals surface area contributed by atoms with Gasteiger partial charge in [0.2, 0.25) is 5.62 Å². The van der Waals surface area contributed by atoms with Crippen LogP contribution < -0.4 is 15.7 Å². The third-order valence-corrected chi connectivity index (χ3v) is 6.25. The van der Waals surface area contributed by atoms with E-state index in [4.69, 9.17) is 14.5 Å². The second-order valence-electron chi connectivity index (χ2n) is 8.57. The van der Waals surface area contributed by atoms with Crippen LogP contribution in [0.5, 0.6) is 5.75 Å². The fourth-order valence-corrected chi connectivity index (χ4v) is 4.38. The second kappa shape index (κ2) is 10.3. The van der Waals surface area contributed by atoms with Gasteiger partial charge in [0, 0.05) is 56.1 Å². The van der Waals surface area contributed by atoms with Crippen LogP contribution in [0.2, 0.25) is 0 Å². The highest BCUT2D eigenvalue weighted by Crippen LogP contribution is 2.30. The molecule has 4 heterocycles. The molecule has 2 aromatic heterocycles. The van der Waals surface area contributed by atoms with E-state index in [0.29, 0.717) is 48.8 Å². The minimum Gasteiger partial charge on any atom is -0.491 e. The Morgan fingerprint density at radius 1 is 1.26 bits per heavy atom. The van der Waals surface area contributed by atoms with Crippen LogP contribution in [0.4, 0.5) is 5.82 Å². The number of anilines is 1. The number of nitrogens with one attached hydrogen (secondary N) is 1. The van der Waals surface area contributed by atoms with Gasteiger partial charge in [-0.2, -0.15) is 9.90 Å². The molecule has 35 heavy (non-hydrogen) atoms. The number of nitroso groups, excluding NO2 is 1. The molecule has 2 aliphatic heterocycles. The van der Waals surface area contributed by atoms with E-state index in [1.54, 1.807) is 18.3 Å². The molecule has 0 spiro atoms. The van der Waals surface area contributed by atoms with Crippen molar-refractivity contribution in [1.82, 2.24) is 19.4 Å². The normalized spacial score (nSPS) is 17.1. The van der Waals surface area contributed by atoms with Crippen molar-refractivity contribution in [3.63, 3.8) is 0 Å². The average Bonchev–Trinajstić information content (AvgIpc) is 3.40. The first-order valence-electron chi connectivity index (χ1n) is 11.7. The van der Waals surface area contributed by atoms with Gasteiger partial charge in [-0.15, -0.1) is 0 Å². The first kappa shape index (κ1) is 23.1. The molecule has 0 bridgehead atoms. The zero-order valence-electron chi connectivity index (χ0n) is 19.5. The summed E-state index contributed by atoms with van der Waals surface area (Å²) in [6.07, 6.45) is 3.10. The molecule has 1 N–H and O–H groups in total. The van der Waals surface area contributed by atoms with Crippen LogP contribution in [0, 0.1) is 11.8 Å². The van der Waals surface area contributed by atoms with Crippen LogP contribution >= 0.6 is 0 Å². The van der Waals surface area contributed by atoms with Crippen LogP contribution in [0.15, 0.2) is 46.8 Å². The topological polar surface area (TPSA) is 123 Å². The third kappa shape index (κ3) is 4.91. The van der Waals surface area contributed by atoms with Gasteiger partial charge in [0.05, 0.1) is 24.3 Å². The number of aromatic nitrogens is 3. The van der Waals surface area contributed by atoms with Crippen LogP contribution in [-0.2, 0) is 11.3 Å². The number of fused-ring (bicyclic) bond motifs is 3. The molecule has 182 valence electrons. The zero-order chi connectivity index (χ0) is 24.2. The fourth-order valence-electron chi connectivity index (χ4n) is 4.38. The highest BCUT2D eigenvalue weighted by atomic mass is 16.5. The number of aryl methyl sites for hydroxylation is 1. The molecule has 1 fully saturated rings. The Labute approximate surface area is 201 Å². The van der Waals surface area contributed by atoms with E-state index in [1.165, 1.54) is 6.20 Å². The van der Waals surface area contributed by atoms with Crippen LogP contribution in [0.25, 0.3) is 10.9 Å².